The third-order valence-corrected chi connectivity index (χ3v) is 3.42. The Kier molecular flexibility index (Phi) is 5.17. The maximum Gasteiger partial charge on any atom is 0.228 e. The number of carbonyl (C=O) groups excluding carboxylic acids is 1. The van der Waals surface area contributed by atoms with E-state index in [1.54, 1.807) is 0 Å². The van der Waals surface area contributed by atoms with Gasteiger partial charge >= 0.3 is 0 Å². The van der Waals surface area contributed by atoms with Gasteiger partial charge in [0.25, 0.3) is 0 Å². The molecule has 0 saturated carbocycles. The van der Waals surface area contributed by atoms with E-state index < -0.39 is 0 Å². The Morgan fingerprint density at radius 2 is 1.73 bits per heavy atom. The zero-order chi connectivity index (χ0) is 16.1. The lowest BCUT2D eigenvalue weighted by molar-refractivity contribution is -0.115. The van der Waals surface area contributed by atoms with Crippen molar-refractivity contribution in [1.29, 1.82) is 0 Å². The number of aryl methyl sites for hydroxylation is 1. The van der Waals surface area contributed by atoms with Crippen LogP contribution >= 0.6 is 0 Å². The second kappa shape index (κ2) is 7.09. The van der Waals surface area contributed by atoms with Crippen molar-refractivity contribution in [2.24, 2.45) is 0 Å². The zero-order valence-corrected chi connectivity index (χ0v) is 13.4. The monoisotopic (exact) mass is 297 g/mol. The lowest BCUT2D eigenvalue weighted by Gasteiger charge is -2.13. The third kappa shape index (κ3) is 4.60. The van der Waals surface area contributed by atoms with E-state index in [4.69, 9.17) is 5.73 Å². The molecule has 4 heteroatoms. The minimum absolute atomic E-state index is 0.0186. The topological polar surface area (TPSA) is 58.4 Å². The molecule has 0 heterocycles. The highest BCUT2D eigenvalue weighted by molar-refractivity contribution is 5.93. The molecule has 3 N–H and O–H groups in total. The molecule has 0 aliphatic heterocycles. The van der Waals surface area contributed by atoms with Gasteiger partial charge in [-0.05, 0) is 55.9 Å². The van der Waals surface area contributed by atoms with Crippen LogP contribution in [-0.4, -0.2) is 24.9 Å². The summed E-state index contributed by atoms with van der Waals surface area (Å²) in [5, 5.41) is 3.00. The number of amides is 1. The van der Waals surface area contributed by atoms with Crippen molar-refractivity contribution in [2.45, 2.75) is 19.9 Å². The number of nitrogen functional groups attached to an aromatic ring is 1. The van der Waals surface area contributed by atoms with Gasteiger partial charge in [-0.25, -0.2) is 0 Å². The highest BCUT2D eigenvalue weighted by Crippen LogP contribution is 2.18. The van der Waals surface area contributed by atoms with E-state index in [1.807, 2.05) is 57.4 Å². The Balaban J connectivity index is 2.05. The molecule has 0 saturated heterocycles. The minimum atomic E-state index is -0.0186. The van der Waals surface area contributed by atoms with Crippen LogP contribution in [0.1, 0.15) is 16.7 Å². The summed E-state index contributed by atoms with van der Waals surface area (Å²) in [5.74, 6) is -0.0186. The van der Waals surface area contributed by atoms with Crippen molar-refractivity contribution < 1.29 is 4.79 Å². The van der Waals surface area contributed by atoms with Gasteiger partial charge in [0, 0.05) is 17.9 Å². The molecule has 2 aromatic rings. The average Bonchev–Trinajstić information content (AvgIpc) is 2.44. The maximum atomic E-state index is 12.2. The van der Waals surface area contributed by atoms with Crippen molar-refractivity contribution in [2.75, 3.05) is 25.1 Å². The number of hydrogen-bond acceptors (Lipinski definition) is 3. The SMILES string of the molecule is Cc1ccc(CN(C)C)cc1NC(=O)Cc1ccc(N)cc1. The molecule has 0 bridgehead atoms. The number of nitrogens with zero attached hydrogens (tertiary/aromatic N) is 1. The van der Waals surface area contributed by atoms with Crippen LogP contribution in [0.5, 0.6) is 0 Å². The van der Waals surface area contributed by atoms with Crippen LogP contribution in [-0.2, 0) is 17.8 Å². The fraction of sp³-hybridized carbons (Fsp3) is 0.278. The highest BCUT2D eigenvalue weighted by Gasteiger charge is 2.07. The van der Waals surface area contributed by atoms with Crippen LogP contribution in [0, 0.1) is 6.92 Å². The standard InChI is InChI=1S/C18H23N3O/c1-13-4-5-15(12-21(2)3)10-17(13)20-18(22)11-14-6-8-16(19)9-7-14/h4-10H,11-12,19H2,1-3H3,(H,20,22). The van der Waals surface area contributed by atoms with Crippen molar-refractivity contribution in [3.63, 3.8) is 0 Å². The van der Waals surface area contributed by atoms with Gasteiger partial charge in [0.2, 0.25) is 5.91 Å². The molecule has 2 aromatic carbocycles. The van der Waals surface area contributed by atoms with E-state index in [0.29, 0.717) is 12.1 Å². The van der Waals surface area contributed by atoms with Crippen LogP contribution in [0.3, 0.4) is 0 Å². The Labute approximate surface area is 131 Å². The van der Waals surface area contributed by atoms with Crippen LogP contribution in [0.2, 0.25) is 0 Å². The quantitative estimate of drug-likeness (QED) is 0.834. The molecule has 116 valence electrons. The lowest BCUT2D eigenvalue weighted by atomic mass is 10.1. The molecule has 0 unspecified atom stereocenters. The van der Waals surface area contributed by atoms with Crippen LogP contribution in [0.15, 0.2) is 42.5 Å². The number of carbonyl (C=O) groups is 1. The number of nitrogens with two attached hydrogens (primary N) is 1. The second-order valence-electron chi connectivity index (χ2n) is 5.85. The van der Waals surface area contributed by atoms with Crippen molar-refractivity contribution in [3.05, 3.63) is 59.2 Å². The molecule has 0 atom stereocenters. The molecule has 0 aromatic heterocycles. The second-order valence-corrected chi connectivity index (χ2v) is 5.85. The summed E-state index contributed by atoms with van der Waals surface area (Å²) in [5.41, 5.74) is 10.4. The molecule has 22 heavy (non-hydrogen) atoms. The van der Waals surface area contributed by atoms with Gasteiger partial charge in [0.15, 0.2) is 0 Å². The first-order valence-corrected chi connectivity index (χ1v) is 7.32. The fourth-order valence-electron chi connectivity index (χ4n) is 2.28. The molecule has 2 rings (SSSR count). The molecule has 0 radical (unpaired) electrons. The predicted molar refractivity (Wildman–Crippen MR) is 91.8 cm³/mol. The first-order chi connectivity index (χ1) is 10.4. The normalized spacial score (nSPS) is 10.7. The van der Waals surface area contributed by atoms with Crippen LogP contribution < -0.4 is 11.1 Å². The number of rotatable bonds is 5. The number of nitrogens with one attached hydrogen (secondary N) is 1. The number of hydrogen-bond donors (Lipinski definition) is 2. The summed E-state index contributed by atoms with van der Waals surface area (Å²) < 4.78 is 0. The number of anilines is 2. The van der Waals surface area contributed by atoms with Crippen LogP contribution in [0.25, 0.3) is 0 Å². The van der Waals surface area contributed by atoms with E-state index >= 15 is 0 Å². The third-order valence-electron chi connectivity index (χ3n) is 3.42. The number of benzene rings is 2. The largest absolute Gasteiger partial charge is 0.399 e. The molecule has 0 fully saturated rings. The average molecular weight is 297 g/mol. The fourth-order valence-corrected chi connectivity index (χ4v) is 2.28. The maximum absolute atomic E-state index is 12.2. The summed E-state index contributed by atoms with van der Waals surface area (Å²) in [6, 6.07) is 13.5. The summed E-state index contributed by atoms with van der Waals surface area (Å²) >= 11 is 0. The van der Waals surface area contributed by atoms with Gasteiger partial charge in [-0.1, -0.05) is 24.3 Å². The molecule has 0 aliphatic carbocycles. The smallest absolute Gasteiger partial charge is 0.228 e. The van der Waals surface area contributed by atoms with E-state index in [2.05, 4.69) is 16.3 Å². The van der Waals surface area contributed by atoms with Gasteiger partial charge < -0.3 is 16.0 Å². The van der Waals surface area contributed by atoms with Gasteiger partial charge in [0.1, 0.15) is 0 Å². The minimum Gasteiger partial charge on any atom is -0.399 e. The van der Waals surface area contributed by atoms with E-state index in [9.17, 15) is 4.79 Å². The van der Waals surface area contributed by atoms with Gasteiger partial charge in [-0.15, -0.1) is 0 Å². The Morgan fingerprint density at radius 3 is 2.36 bits per heavy atom. The Hall–Kier alpha value is -2.33. The van der Waals surface area contributed by atoms with Gasteiger partial charge in [0.05, 0.1) is 6.42 Å². The van der Waals surface area contributed by atoms with Crippen LogP contribution in [0.4, 0.5) is 11.4 Å². The van der Waals surface area contributed by atoms with Gasteiger partial charge in [-0.2, -0.15) is 0 Å². The zero-order valence-electron chi connectivity index (χ0n) is 13.4. The molecule has 4 nitrogen and oxygen atoms in total. The van der Waals surface area contributed by atoms with E-state index in [1.165, 1.54) is 5.56 Å². The lowest BCUT2D eigenvalue weighted by Crippen LogP contribution is -2.16. The highest BCUT2D eigenvalue weighted by atomic mass is 16.1. The molecular formula is C18H23N3O. The van der Waals surface area contributed by atoms with Crippen molar-refractivity contribution in [3.8, 4) is 0 Å². The summed E-state index contributed by atoms with van der Waals surface area (Å²) in [6.45, 7) is 2.85. The van der Waals surface area contributed by atoms with Crippen molar-refractivity contribution in [1.82, 2.24) is 4.90 Å². The molecule has 0 spiro atoms. The summed E-state index contributed by atoms with van der Waals surface area (Å²) in [4.78, 5) is 14.3. The first-order valence-electron chi connectivity index (χ1n) is 7.32. The molecule has 1 amide bonds. The molecule has 0 aliphatic rings. The van der Waals surface area contributed by atoms with E-state index in [0.717, 1.165) is 23.4 Å². The van der Waals surface area contributed by atoms with Crippen molar-refractivity contribution >= 4 is 17.3 Å². The first kappa shape index (κ1) is 16.0. The van der Waals surface area contributed by atoms with E-state index in [-0.39, 0.29) is 5.91 Å². The predicted octanol–water partition coefficient (Wildman–Crippen LogP) is 2.82. The summed E-state index contributed by atoms with van der Waals surface area (Å²) in [6.07, 6.45) is 0.345. The Bertz CT molecular complexity index is 648. The molecular weight excluding hydrogens is 274 g/mol. The van der Waals surface area contributed by atoms with Gasteiger partial charge in [-0.3, -0.25) is 4.79 Å². The Morgan fingerprint density at radius 1 is 1.09 bits per heavy atom. The summed E-state index contributed by atoms with van der Waals surface area (Å²) in [7, 11) is 4.05.